The first-order valence-electron chi connectivity index (χ1n) is 8.01. The fourth-order valence-electron chi connectivity index (χ4n) is 2.87. The van der Waals surface area contributed by atoms with E-state index < -0.39 is 0 Å². The Bertz CT molecular complexity index is 503. The number of piperidine rings is 1. The Kier molecular flexibility index (Phi) is 6.07. The van der Waals surface area contributed by atoms with Crippen LogP contribution >= 0.6 is 0 Å². The molecule has 1 heterocycles. The van der Waals surface area contributed by atoms with E-state index in [2.05, 4.69) is 4.90 Å². The highest BCUT2D eigenvalue weighted by atomic mass is 16.5. The molecule has 2 rings (SSSR count). The van der Waals surface area contributed by atoms with Gasteiger partial charge in [0.1, 0.15) is 6.04 Å². The first-order chi connectivity index (χ1) is 10.7. The summed E-state index contributed by atoms with van der Waals surface area (Å²) in [4.78, 5) is 14.2. The smallest absolute Gasteiger partial charge is 0.323 e. The molecule has 5 heteroatoms. The largest absolute Gasteiger partial charge is 0.504 e. The van der Waals surface area contributed by atoms with Gasteiger partial charge in [0.05, 0.1) is 13.2 Å². The molecule has 122 valence electrons. The molecule has 0 amide bonds. The Morgan fingerprint density at radius 2 is 2.14 bits per heavy atom. The van der Waals surface area contributed by atoms with Crippen LogP contribution in [0.5, 0.6) is 11.5 Å². The maximum Gasteiger partial charge on any atom is 0.323 e. The predicted molar refractivity (Wildman–Crippen MR) is 84.0 cm³/mol. The van der Waals surface area contributed by atoms with E-state index in [1.807, 2.05) is 26.0 Å². The van der Waals surface area contributed by atoms with E-state index in [9.17, 15) is 9.90 Å². The molecule has 5 nitrogen and oxygen atoms in total. The summed E-state index contributed by atoms with van der Waals surface area (Å²) >= 11 is 0. The number of carbonyl (C=O) groups is 1. The maximum absolute atomic E-state index is 12.1. The van der Waals surface area contributed by atoms with Gasteiger partial charge in [-0.05, 0) is 39.3 Å². The molecule has 0 spiro atoms. The third-order valence-corrected chi connectivity index (χ3v) is 3.93. The number of aromatic hydroxyl groups is 1. The number of para-hydroxylation sites is 1. The van der Waals surface area contributed by atoms with Crippen LogP contribution in [0.4, 0.5) is 0 Å². The van der Waals surface area contributed by atoms with Gasteiger partial charge >= 0.3 is 5.97 Å². The number of nitrogens with zero attached hydrogens (tertiary/aromatic N) is 1. The Hall–Kier alpha value is -1.75. The second-order valence-corrected chi connectivity index (χ2v) is 5.43. The Balaban J connectivity index is 2.13. The Morgan fingerprint density at radius 1 is 1.32 bits per heavy atom. The molecule has 0 radical (unpaired) electrons. The summed E-state index contributed by atoms with van der Waals surface area (Å²) in [6, 6.07) is 5.27. The minimum Gasteiger partial charge on any atom is -0.504 e. The van der Waals surface area contributed by atoms with Crippen LogP contribution in [0, 0.1) is 0 Å². The zero-order valence-electron chi connectivity index (χ0n) is 13.4. The van der Waals surface area contributed by atoms with Crippen molar-refractivity contribution < 1.29 is 19.4 Å². The highest BCUT2D eigenvalue weighted by Crippen LogP contribution is 2.32. The minimum atomic E-state index is -0.219. The van der Waals surface area contributed by atoms with Crippen LogP contribution < -0.4 is 4.74 Å². The van der Waals surface area contributed by atoms with Crippen LogP contribution in [0.1, 0.15) is 38.7 Å². The summed E-state index contributed by atoms with van der Waals surface area (Å²) in [5.74, 6) is 0.491. The fraction of sp³-hybridized carbons (Fsp3) is 0.588. The van der Waals surface area contributed by atoms with Crippen molar-refractivity contribution in [3.05, 3.63) is 23.8 Å². The zero-order valence-corrected chi connectivity index (χ0v) is 13.4. The zero-order chi connectivity index (χ0) is 15.9. The van der Waals surface area contributed by atoms with Gasteiger partial charge in [-0.3, -0.25) is 9.69 Å². The lowest BCUT2D eigenvalue weighted by atomic mass is 10.0. The van der Waals surface area contributed by atoms with E-state index >= 15 is 0 Å². The Morgan fingerprint density at radius 3 is 2.86 bits per heavy atom. The van der Waals surface area contributed by atoms with E-state index in [-0.39, 0.29) is 17.8 Å². The van der Waals surface area contributed by atoms with Crippen LogP contribution in [0.15, 0.2) is 18.2 Å². The van der Waals surface area contributed by atoms with Gasteiger partial charge in [-0.15, -0.1) is 0 Å². The van der Waals surface area contributed by atoms with E-state index in [1.165, 1.54) is 0 Å². The van der Waals surface area contributed by atoms with Gasteiger partial charge < -0.3 is 14.6 Å². The van der Waals surface area contributed by atoms with Gasteiger partial charge in [-0.2, -0.15) is 0 Å². The lowest BCUT2D eigenvalue weighted by molar-refractivity contribution is -0.151. The second kappa shape index (κ2) is 8.03. The van der Waals surface area contributed by atoms with Crippen molar-refractivity contribution in [2.24, 2.45) is 0 Å². The van der Waals surface area contributed by atoms with Crippen molar-refractivity contribution in [1.29, 1.82) is 0 Å². The molecule has 1 fully saturated rings. The lowest BCUT2D eigenvalue weighted by Crippen LogP contribution is -2.44. The highest BCUT2D eigenvalue weighted by Gasteiger charge is 2.30. The van der Waals surface area contributed by atoms with Crippen LogP contribution in [-0.2, 0) is 16.1 Å². The predicted octanol–water partition coefficient (Wildman–Crippen LogP) is 2.71. The van der Waals surface area contributed by atoms with E-state index in [0.717, 1.165) is 31.4 Å². The number of carbonyl (C=O) groups excluding carboxylic acids is 1. The molecule has 0 aliphatic carbocycles. The van der Waals surface area contributed by atoms with E-state index in [4.69, 9.17) is 9.47 Å². The quantitative estimate of drug-likeness (QED) is 0.819. The first kappa shape index (κ1) is 16.6. The summed E-state index contributed by atoms with van der Waals surface area (Å²) in [5, 5.41) is 10.3. The number of rotatable bonds is 6. The second-order valence-electron chi connectivity index (χ2n) is 5.43. The topological polar surface area (TPSA) is 59.0 Å². The standard InChI is InChI=1S/C17H25NO4/c1-3-21-15-10-7-8-13(16(15)19)12-18-11-6-5-9-14(18)17(20)22-4-2/h7-8,10,14,19H,3-6,9,11-12H2,1-2H3. The third-order valence-electron chi connectivity index (χ3n) is 3.93. The van der Waals surface area contributed by atoms with Crippen molar-refractivity contribution in [1.82, 2.24) is 4.90 Å². The lowest BCUT2D eigenvalue weighted by Gasteiger charge is -2.34. The fourth-order valence-corrected chi connectivity index (χ4v) is 2.87. The Labute approximate surface area is 131 Å². The molecule has 22 heavy (non-hydrogen) atoms. The number of hydrogen-bond donors (Lipinski definition) is 1. The minimum absolute atomic E-state index is 0.164. The molecule has 1 aromatic rings. The van der Waals surface area contributed by atoms with Crippen molar-refractivity contribution in [3.63, 3.8) is 0 Å². The number of phenolic OH excluding ortho intramolecular Hbond substituents is 1. The van der Waals surface area contributed by atoms with Crippen LogP contribution in [0.3, 0.4) is 0 Å². The summed E-state index contributed by atoms with van der Waals surface area (Å²) in [5.41, 5.74) is 0.780. The van der Waals surface area contributed by atoms with Gasteiger partial charge in [-0.25, -0.2) is 0 Å². The summed E-state index contributed by atoms with van der Waals surface area (Å²) in [6.45, 7) is 5.97. The molecule has 1 N–H and O–H groups in total. The molecule has 0 bridgehead atoms. The number of benzene rings is 1. The first-order valence-corrected chi connectivity index (χ1v) is 8.01. The van der Waals surface area contributed by atoms with Crippen molar-refractivity contribution >= 4 is 5.97 Å². The van der Waals surface area contributed by atoms with E-state index in [0.29, 0.717) is 25.5 Å². The SMILES string of the molecule is CCOC(=O)C1CCCCN1Cc1cccc(OCC)c1O. The number of likely N-dealkylation sites (tertiary alicyclic amines) is 1. The highest BCUT2D eigenvalue weighted by molar-refractivity contribution is 5.75. The summed E-state index contributed by atoms with van der Waals surface area (Å²) < 4.78 is 10.6. The molecular weight excluding hydrogens is 282 g/mol. The van der Waals surface area contributed by atoms with Gasteiger partial charge in [0, 0.05) is 12.1 Å². The molecule has 1 aromatic carbocycles. The van der Waals surface area contributed by atoms with Crippen molar-refractivity contribution in [2.75, 3.05) is 19.8 Å². The normalized spacial score (nSPS) is 18.9. The number of phenols is 1. The molecule has 0 saturated carbocycles. The molecule has 1 atom stereocenters. The van der Waals surface area contributed by atoms with Gasteiger partial charge in [0.25, 0.3) is 0 Å². The summed E-state index contributed by atoms with van der Waals surface area (Å²) in [7, 11) is 0. The van der Waals surface area contributed by atoms with Gasteiger partial charge in [-0.1, -0.05) is 18.6 Å². The molecule has 0 aromatic heterocycles. The van der Waals surface area contributed by atoms with Gasteiger partial charge in [0.15, 0.2) is 11.5 Å². The van der Waals surface area contributed by atoms with Gasteiger partial charge in [0.2, 0.25) is 0 Å². The third kappa shape index (κ3) is 3.91. The van der Waals surface area contributed by atoms with Crippen LogP contribution in [0.25, 0.3) is 0 Å². The number of esters is 1. The van der Waals surface area contributed by atoms with Crippen LogP contribution in [-0.4, -0.2) is 41.8 Å². The summed E-state index contributed by atoms with van der Waals surface area (Å²) in [6.07, 6.45) is 2.90. The molecule has 1 saturated heterocycles. The van der Waals surface area contributed by atoms with Crippen molar-refractivity contribution in [2.45, 2.75) is 45.7 Å². The number of ether oxygens (including phenoxy) is 2. The molecule has 1 aliphatic heterocycles. The molecular formula is C17H25NO4. The average molecular weight is 307 g/mol. The van der Waals surface area contributed by atoms with Crippen molar-refractivity contribution in [3.8, 4) is 11.5 Å². The van der Waals surface area contributed by atoms with Crippen LogP contribution in [0.2, 0.25) is 0 Å². The molecule has 1 unspecified atom stereocenters. The monoisotopic (exact) mass is 307 g/mol. The average Bonchev–Trinajstić information content (AvgIpc) is 2.52. The number of hydrogen-bond acceptors (Lipinski definition) is 5. The maximum atomic E-state index is 12.1. The van der Waals surface area contributed by atoms with E-state index in [1.54, 1.807) is 6.07 Å². The molecule has 1 aliphatic rings.